The van der Waals surface area contributed by atoms with Crippen LogP contribution in [0.2, 0.25) is 0 Å². The molecule has 17 heavy (non-hydrogen) atoms. The van der Waals surface area contributed by atoms with Gasteiger partial charge in [-0.2, -0.15) is 13.2 Å². The maximum Gasteiger partial charge on any atom is 0.407 e. The molecular weight excluding hydrogens is 302 g/mol. The quantitative estimate of drug-likeness (QED) is 0.822. The van der Waals surface area contributed by atoms with Gasteiger partial charge in [0.15, 0.2) is 0 Å². The van der Waals surface area contributed by atoms with E-state index in [-0.39, 0.29) is 16.6 Å². The van der Waals surface area contributed by atoms with Crippen LogP contribution in [0.5, 0.6) is 0 Å². The normalized spacial score (nSPS) is 13.8. The van der Waals surface area contributed by atoms with Crippen LogP contribution in [0.4, 0.5) is 17.6 Å². The highest BCUT2D eigenvalue weighted by molar-refractivity contribution is 9.10. The van der Waals surface area contributed by atoms with Crippen LogP contribution >= 0.6 is 15.9 Å². The van der Waals surface area contributed by atoms with Crippen molar-refractivity contribution < 1.29 is 17.6 Å². The van der Waals surface area contributed by atoms with Gasteiger partial charge in [-0.3, -0.25) is 0 Å². The third-order valence-electron chi connectivity index (χ3n) is 2.20. The molecule has 0 aliphatic carbocycles. The van der Waals surface area contributed by atoms with Crippen molar-refractivity contribution in [3.63, 3.8) is 0 Å². The van der Waals surface area contributed by atoms with Crippen molar-refractivity contribution in [3.05, 3.63) is 34.1 Å². The summed E-state index contributed by atoms with van der Waals surface area (Å²) in [5, 5.41) is 2.40. The van der Waals surface area contributed by atoms with Crippen LogP contribution in [-0.2, 0) is 0 Å². The molecule has 1 aromatic rings. The molecule has 0 spiro atoms. The summed E-state index contributed by atoms with van der Waals surface area (Å²) < 4.78 is 51.4. The van der Waals surface area contributed by atoms with Crippen molar-refractivity contribution in [1.29, 1.82) is 0 Å². The Hall–Kier alpha value is -0.620. The lowest BCUT2D eigenvalue weighted by molar-refractivity contribution is -0.157. The highest BCUT2D eigenvalue weighted by atomic mass is 79.9. The van der Waals surface area contributed by atoms with Crippen LogP contribution in [0.3, 0.4) is 0 Å². The predicted molar refractivity (Wildman–Crippen MR) is 61.2 cm³/mol. The van der Waals surface area contributed by atoms with E-state index in [1.54, 1.807) is 6.92 Å². The van der Waals surface area contributed by atoms with Crippen molar-refractivity contribution in [2.24, 2.45) is 0 Å². The first kappa shape index (κ1) is 14.4. The third-order valence-corrected chi connectivity index (χ3v) is 2.81. The summed E-state index contributed by atoms with van der Waals surface area (Å²) in [5.41, 5.74) is -0.000718. The van der Waals surface area contributed by atoms with Gasteiger partial charge in [0.1, 0.15) is 11.9 Å². The fraction of sp³-hybridized carbons (Fsp3) is 0.455. The van der Waals surface area contributed by atoms with E-state index < -0.39 is 18.0 Å². The maximum atomic E-state index is 13.0. The van der Waals surface area contributed by atoms with E-state index in [9.17, 15) is 17.6 Å². The zero-order valence-corrected chi connectivity index (χ0v) is 10.7. The Morgan fingerprint density at radius 2 is 2.00 bits per heavy atom. The Morgan fingerprint density at radius 1 is 1.35 bits per heavy atom. The molecular formula is C11H12BrF4N. The second kappa shape index (κ2) is 5.82. The molecule has 0 saturated carbocycles. The molecule has 1 unspecified atom stereocenters. The van der Waals surface area contributed by atoms with Gasteiger partial charge < -0.3 is 5.32 Å². The van der Waals surface area contributed by atoms with Crippen LogP contribution in [0.25, 0.3) is 0 Å². The highest BCUT2D eigenvalue weighted by Crippen LogP contribution is 2.34. The summed E-state index contributed by atoms with van der Waals surface area (Å²) in [6.45, 7) is 2.03. The van der Waals surface area contributed by atoms with Gasteiger partial charge >= 0.3 is 6.18 Å². The van der Waals surface area contributed by atoms with Crippen molar-refractivity contribution >= 4 is 15.9 Å². The largest absolute Gasteiger partial charge is 0.407 e. The molecule has 0 fully saturated rings. The summed E-state index contributed by atoms with van der Waals surface area (Å²) in [4.78, 5) is 0. The number of alkyl halides is 3. The zero-order valence-electron chi connectivity index (χ0n) is 9.11. The number of benzene rings is 1. The lowest BCUT2D eigenvalue weighted by atomic mass is 10.1. The van der Waals surface area contributed by atoms with Gasteiger partial charge in [0, 0.05) is 0 Å². The first-order valence-electron chi connectivity index (χ1n) is 5.11. The number of hydrogen-bond donors (Lipinski definition) is 1. The lowest BCUT2D eigenvalue weighted by Crippen LogP contribution is -2.34. The summed E-state index contributed by atoms with van der Waals surface area (Å²) in [5.74, 6) is -0.579. The number of hydrogen-bond acceptors (Lipinski definition) is 1. The molecule has 96 valence electrons. The third kappa shape index (κ3) is 3.96. The Kier molecular flexibility index (Phi) is 4.94. The minimum absolute atomic E-state index is 0.000718. The molecule has 6 heteroatoms. The van der Waals surface area contributed by atoms with Gasteiger partial charge in [-0.05, 0) is 46.6 Å². The molecule has 1 rings (SSSR count). The van der Waals surface area contributed by atoms with Gasteiger partial charge in [-0.15, -0.1) is 0 Å². The molecule has 0 bridgehead atoms. The standard InChI is InChI=1S/C11H12BrF4N/c1-2-5-17-10(11(14,15)16)7-3-4-9(13)8(12)6-7/h3-4,6,10,17H,2,5H2,1H3. The van der Waals surface area contributed by atoms with Crippen LogP contribution < -0.4 is 5.32 Å². The van der Waals surface area contributed by atoms with E-state index >= 15 is 0 Å². The second-order valence-corrected chi connectivity index (χ2v) is 4.46. The van der Waals surface area contributed by atoms with E-state index in [0.717, 1.165) is 18.2 Å². The van der Waals surface area contributed by atoms with Crippen LogP contribution in [-0.4, -0.2) is 12.7 Å². The molecule has 0 saturated heterocycles. The smallest absolute Gasteiger partial charge is 0.302 e. The lowest BCUT2D eigenvalue weighted by Gasteiger charge is -2.22. The molecule has 0 radical (unpaired) electrons. The average molecular weight is 314 g/mol. The van der Waals surface area contributed by atoms with Gasteiger partial charge in [0.2, 0.25) is 0 Å². The summed E-state index contributed by atoms with van der Waals surface area (Å²) in [6, 6.07) is 1.54. The SMILES string of the molecule is CCCNC(c1ccc(F)c(Br)c1)C(F)(F)F. The number of halogens is 5. The molecule has 1 nitrogen and oxygen atoms in total. The maximum absolute atomic E-state index is 13.0. The minimum atomic E-state index is -4.40. The van der Waals surface area contributed by atoms with Crippen molar-refractivity contribution in [1.82, 2.24) is 5.32 Å². The number of rotatable bonds is 4. The zero-order chi connectivity index (χ0) is 13.1. The molecule has 1 aromatic carbocycles. The first-order chi connectivity index (χ1) is 7.86. The fourth-order valence-electron chi connectivity index (χ4n) is 1.40. The van der Waals surface area contributed by atoms with Crippen LogP contribution in [0.1, 0.15) is 24.9 Å². The minimum Gasteiger partial charge on any atom is -0.302 e. The molecule has 1 N–H and O–H groups in total. The van der Waals surface area contributed by atoms with Crippen molar-refractivity contribution in [2.75, 3.05) is 6.54 Å². The predicted octanol–water partition coefficient (Wildman–Crippen LogP) is 4.19. The van der Waals surface area contributed by atoms with Crippen molar-refractivity contribution in [3.8, 4) is 0 Å². The average Bonchev–Trinajstić information content (AvgIpc) is 2.22. The molecule has 0 amide bonds. The van der Waals surface area contributed by atoms with E-state index in [0.29, 0.717) is 6.42 Å². The highest BCUT2D eigenvalue weighted by Gasteiger charge is 2.40. The topological polar surface area (TPSA) is 12.0 Å². The summed E-state index contributed by atoms with van der Waals surface area (Å²) in [6.07, 6.45) is -3.80. The molecule has 0 aliphatic rings. The van der Waals surface area contributed by atoms with E-state index in [2.05, 4.69) is 21.2 Å². The van der Waals surface area contributed by atoms with Crippen molar-refractivity contribution in [2.45, 2.75) is 25.6 Å². The van der Waals surface area contributed by atoms with Gasteiger partial charge in [0.05, 0.1) is 4.47 Å². The monoisotopic (exact) mass is 313 g/mol. The summed E-state index contributed by atoms with van der Waals surface area (Å²) in [7, 11) is 0. The van der Waals surface area contributed by atoms with E-state index in [4.69, 9.17) is 0 Å². The molecule has 0 aromatic heterocycles. The Morgan fingerprint density at radius 3 is 2.47 bits per heavy atom. The number of nitrogens with one attached hydrogen (secondary N) is 1. The fourth-order valence-corrected chi connectivity index (χ4v) is 1.80. The molecule has 0 heterocycles. The Bertz CT molecular complexity index is 378. The first-order valence-corrected chi connectivity index (χ1v) is 5.90. The van der Waals surface area contributed by atoms with E-state index in [1.807, 2.05) is 0 Å². The van der Waals surface area contributed by atoms with Crippen LogP contribution in [0, 0.1) is 5.82 Å². The summed E-state index contributed by atoms with van der Waals surface area (Å²) >= 11 is 2.88. The van der Waals surface area contributed by atoms with Gasteiger partial charge in [-0.1, -0.05) is 13.0 Å². The van der Waals surface area contributed by atoms with Gasteiger partial charge in [0.25, 0.3) is 0 Å². The second-order valence-electron chi connectivity index (χ2n) is 3.60. The Labute approximate surface area is 105 Å². The Balaban J connectivity index is 3.00. The van der Waals surface area contributed by atoms with Crippen LogP contribution in [0.15, 0.2) is 22.7 Å². The molecule has 1 atom stereocenters. The van der Waals surface area contributed by atoms with Gasteiger partial charge in [-0.25, -0.2) is 4.39 Å². The molecule has 0 aliphatic heterocycles. The van der Waals surface area contributed by atoms with E-state index in [1.165, 1.54) is 0 Å².